The average Bonchev–Trinajstić information content (AvgIpc) is 2.77. The first-order valence-corrected chi connectivity index (χ1v) is 11.2. The molecule has 2 heterocycles. The Balaban J connectivity index is 1.72. The summed E-state index contributed by atoms with van der Waals surface area (Å²) >= 11 is 0. The van der Waals surface area contributed by atoms with Crippen LogP contribution in [0, 0.1) is 5.92 Å². The van der Waals surface area contributed by atoms with E-state index in [2.05, 4.69) is 0 Å². The van der Waals surface area contributed by atoms with Crippen molar-refractivity contribution < 1.29 is 22.7 Å². The maximum atomic E-state index is 13.3. The number of benzene rings is 2. The van der Waals surface area contributed by atoms with Crippen LogP contribution in [0.3, 0.4) is 0 Å². The van der Waals surface area contributed by atoms with Gasteiger partial charge in [0.1, 0.15) is 0 Å². The second-order valence-electron chi connectivity index (χ2n) is 7.63. The third-order valence-electron chi connectivity index (χ3n) is 6.25. The van der Waals surface area contributed by atoms with Gasteiger partial charge in [-0.15, -0.1) is 0 Å². The monoisotopic (exact) mass is 415 g/mol. The van der Waals surface area contributed by atoms with E-state index in [1.807, 2.05) is 30.3 Å². The molecule has 0 unspecified atom stereocenters. The number of piperidine rings is 2. The SMILES string of the molecule is COC1(OC)C[C@H]2C(=O)N(Cc3ccccc3)[C@H]1C[C@H]2S(=O)(=O)c1ccccc1. The van der Waals surface area contributed by atoms with Crippen molar-refractivity contribution in [2.75, 3.05) is 14.2 Å². The van der Waals surface area contributed by atoms with E-state index in [0.717, 1.165) is 5.56 Å². The lowest BCUT2D eigenvalue weighted by Crippen LogP contribution is -2.70. The van der Waals surface area contributed by atoms with Crippen LogP contribution in [0.4, 0.5) is 0 Å². The van der Waals surface area contributed by atoms with Gasteiger partial charge < -0.3 is 14.4 Å². The Bertz CT molecular complexity index is 973. The highest BCUT2D eigenvalue weighted by Gasteiger charge is 2.62. The number of methoxy groups -OCH3 is 2. The van der Waals surface area contributed by atoms with Crippen LogP contribution < -0.4 is 0 Å². The van der Waals surface area contributed by atoms with Gasteiger partial charge in [0, 0.05) is 27.2 Å². The molecular formula is C22H25NO5S. The Labute approximate surface area is 171 Å². The number of hydrogen-bond acceptors (Lipinski definition) is 5. The predicted molar refractivity (Wildman–Crippen MR) is 108 cm³/mol. The zero-order chi connectivity index (χ0) is 20.6. The van der Waals surface area contributed by atoms with Gasteiger partial charge in [0.2, 0.25) is 5.91 Å². The maximum absolute atomic E-state index is 13.3. The fourth-order valence-corrected chi connectivity index (χ4v) is 6.70. The fourth-order valence-electron chi connectivity index (χ4n) is 4.73. The molecule has 5 rings (SSSR count). The van der Waals surface area contributed by atoms with Crippen molar-refractivity contribution in [2.45, 2.75) is 41.4 Å². The van der Waals surface area contributed by atoms with Crippen molar-refractivity contribution in [3.63, 3.8) is 0 Å². The van der Waals surface area contributed by atoms with Crippen LogP contribution in [0.2, 0.25) is 0 Å². The van der Waals surface area contributed by atoms with Gasteiger partial charge in [-0.05, 0) is 24.1 Å². The summed E-state index contributed by atoms with van der Waals surface area (Å²) in [7, 11) is -0.544. The zero-order valence-corrected chi connectivity index (χ0v) is 17.3. The number of ether oxygens (including phenoxy) is 2. The van der Waals surface area contributed by atoms with E-state index in [1.165, 1.54) is 0 Å². The summed E-state index contributed by atoms with van der Waals surface area (Å²) in [5.41, 5.74) is 0.983. The molecule has 1 saturated carbocycles. The van der Waals surface area contributed by atoms with Crippen molar-refractivity contribution >= 4 is 15.7 Å². The summed E-state index contributed by atoms with van der Waals surface area (Å²) in [6, 6.07) is 17.5. The molecule has 2 bridgehead atoms. The van der Waals surface area contributed by atoms with Gasteiger partial charge in [-0.3, -0.25) is 4.79 Å². The summed E-state index contributed by atoms with van der Waals surface area (Å²) in [5, 5.41) is -0.784. The highest BCUT2D eigenvalue weighted by Crippen LogP contribution is 2.48. The highest BCUT2D eigenvalue weighted by atomic mass is 32.2. The predicted octanol–water partition coefficient (Wildman–Crippen LogP) is 2.64. The molecule has 154 valence electrons. The number of sulfone groups is 1. The molecule has 1 amide bonds. The van der Waals surface area contributed by atoms with Crippen LogP contribution in [0.5, 0.6) is 0 Å². The molecule has 1 aliphatic carbocycles. The van der Waals surface area contributed by atoms with E-state index in [9.17, 15) is 13.2 Å². The number of carbonyl (C=O) groups excluding carboxylic acids is 1. The lowest BCUT2D eigenvalue weighted by Gasteiger charge is -2.56. The third-order valence-corrected chi connectivity index (χ3v) is 8.50. The summed E-state index contributed by atoms with van der Waals surface area (Å²) in [4.78, 5) is 15.3. The normalized spacial score (nSPS) is 25.9. The number of amides is 1. The van der Waals surface area contributed by atoms with E-state index in [0.29, 0.717) is 6.54 Å². The highest BCUT2D eigenvalue weighted by molar-refractivity contribution is 7.92. The summed E-state index contributed by atoms with van der Waals surface area (Å²) in [6.45, 7) is 0.396. The van der Waals surface area contributed by atoms with Crippen LogP contribution in [-0.4, -0.2) is 50.5 Å². The molecule has 0 N–H and O–H groups in total. The smallest absolute Gasteiger partial charge is 0.227 e. The second-order valence-corrected chi connectivity index (χ2v) is 9.80. The van der Waals surface area contributed by atoms with Crippen LogP contribution in [-0.2, 0) is 30.7 Å². The number of carbonyl (C=O) groups is 1. The van der Waals surface area contributed by atoms with E-state index >= 15 is 0 Å². The maximum Gasteiger partial charge on any atom is 0.227 e. The Hall–Kier alpha value is -2.22. The Morgan fingerprint density at radius 2 is 1.59 bits per heavy atom. The minimum Gasteiger partial charge on any atom is -0.351 e. The topological polar surface area (TPSA) is 72.9 Å². The summed E-state index contributed by atoms with van der Waals surface area (Å²) in [6.07, 6.45) is 0.508. The van der Waals surface area contributed by atoms with Crippen molar-refractivity contribution in [1.82, 2.24) is 4.90 Å². The Kier molecular flexibility index (Phi) is 5.23. The minimum absolute atomic E-state index is 0.153. The van der Waals surface area contributed by atoms with E-state index < -0.39 is 32.8 Å². The van der Waals surface area contributed by atoms with Gasteiger partial charge in [-0.2, -0.15) is 0 Å². The molecule has 2 saturated heterocycles. The van der Waals surface area contributed by atoms with Gasteiger partial charge in [0.25, 0.3) is 0 Å². The van der Waals surface area contributed by atoms with E-state index in [4.69, 9.17) is 9.47 Å². The molecule has 0 radical (unpaired) electrons. The molecule has 2 aliphatic heterocycles. The fraction of sp³-hybridized carbons (Fsp3) is 0.409. The third kappa shape index (κ3) is 3.27. The Morgan fingerprint density at radius 3 is 2.17 bits per heavy atom. The standard InChI is InChI=1S/C22H25NO5S/c1-27-22(28-2)14-18-19(29(25,26)17-11-7-4-8-12-17)13-20(22)23(21(18)24)15-16-9-5-3-6-10-16/h3-12,18-20H,13-15H2,1-2H3/t18-,19-,20+/m1/s1. The number of fused-ring (bicyclic) bond motifs is 3. The summed E-state index contributed by atoms with van der Waals surface area (Å²) < 4.78 is 38.1. The van der Waals surface area contributed by atoms with Gasteiger partial charge in [-0.1, -0.05) is 48.5 Å². The van der Waals surface area contributed by atoms with Crippen molar-refractivity contribution in [3.8, 4) is 0 Å². The molecule has 3 fully saturated rings. The molecular weight excluding hydrogens is 390 g/mol. The van der Waals surface area contributed by atoms with E-state index in [-0.39, 0.29) is 23.6 Å². The molecule has 0 spiro atoms. The molecule has 29 heavy (non-hydrogen) atoms. The molecule has 6 nitrogen and oxygen atoms in total. The average molecular weight is 416 g/mol. The van der Waals surface area contributed by atoms with E-state index in [1.54, 1.807) is 49.5 Å². The molecule has 2 aromatic carbocycles. The first-order chi connectivity index (χ1) is 13.9. The largest absolute Gasteiger partial charge is 0.351 e. The number of hydrogen-bond donors (Lipinski definition) is 0. The second kappa shape index (κ2) is 7.55. The minimum atomic E-state index is -3.65. The van der Waals surface area contributed by atoms with Crippen molar-refractivity contribution in [1.29, 1.82) is 0 Å². The lowest BCUT2D eigenvalue weighted by atomic mass is 9.74. The molecule has 2 aromatic rings. The molecule has 3 atom stereocenters. The van der Waals surface area contributed by atoms with Gasteiger partial charge in [0.05, 0.1) is 22.1 Å². The zero-order valence-electron chi connectivity index (χ0n) is 16.5. The van der Waals surface area contributed by atoms with Gasteiger partial charge in [0.15, 0.2) is 15.6 Å². The van der Waals surface area contributed by atoms with Crippen LogP contribution in [0.15, 0.2) is 65.6 Å². The van der Waals surface area contributed by atoms with Crippen LogP contribution in [0.1, 0.15) is 18.4 Å². The van der Waals surface area contributed by atoms with Gasteiger partial charge >= 0.3 is 0 Å². The van der Waals surface area contributed by atoms with Crippen LogP contribution in [0.25, 0.3) is 0 Å². The first-order valence-electron chi connectivity index (χ1n) is 9.66. The quantitative estimate of drug-likeness (QED) is 0.678. The number of rotatable bonds is 6. The van der Waals surface area contributed by atoms with Crippen LogP contribution >= 0.6 is 0 Å². The van der Waals surface area contributed by atoms with Crippen molar-refractivity contribution in [3.05, 3.63) is 66.2 Å². The van der Waals surface area contributed by atoms with Gasteiger partial charge in [-0.25, -0.2) is 8.42 Å². The number of nitrogens with zero attached hydrogens (tertiary/aromatic N) is 1. The lowest BCUT2D eigenvalue weighted by molar-refractivity contribution is -0.278. The first kappa shape index (κ1) is 20.1. The Morgan fingerprint density at radius 1 is 1.00 bits per heavy atom. The van der Waals surface area contributed by atoms with Crippen molar-refractivity contribution in [2.24, 2.45) is 5.92 Å². The molecule has 3 aliphatic rings. The summed E-state index contributed by atoms with van der Waals surface area (Å²) in [5.74, 6) is -1.87. The molecule has 0 aromatic heterocycles. The molecule has 7 heteroatoms.